The summed E-state index contributed by atoms with van der Waals surface area (Å²) >= 11 is 0. The lowest BCUT2D eigenvalue weighted by Gasteiger charge is -2.18. The van der Waals surface area contributed by atoms with Crippen molar-refractivity contribution < 1.29 is 21.6 Å². The molecule has 9 heteroatoms. The standard InChI is InChI=1S/C19H22N2O5S2/c1-12-5-6-13(2)17(9-12)20-28(25,26)18-8-7-16(10-14(18)3)21-19(22)15(4)11-27(21,23)24/h5-10,15,20H,11H2,1-4H3. The van der Waals surface area contributed by atoms with Crippen molar-refractivity contribution in [2.45, 2.75) is 32.6 Å². The highest BCUT2D eigenvalue weighted by molar-refractivity contribution is 7.94. The van der Waals surface area contributed by atoms with Gasteiger partial charge >= 0.3 is 0 Å². The number of aryl methyl sites for hydroxylation is 3. The lowest BCUT2D eigenvalue weighted by Crippen LogP contribution is -2.30. The predicted molar refractivity (Wildman–Crippen MR) is 108 cm³/mol. The summed E-state index contributed by atoms with van der Waals surface area (Å²) in [5.41, 5.74) is 2.68. The van der Waals surface area contributed by atoms with Crippen LogP contribution in [-0.2, 0) is 24.8 Å². The maximum absolute atomic E-state index is 12.9. The van der Waals surface area contributed by atoms with Crippen molar-refractivity contribution in [2.75, 3.05) is 14.8 Å². The molecule has 0 radical (unpaired) electrons. The van der Waals surface area contributed by atoms with Gasteiger partial charge in [0.25, 0.3) is 10.0 Å². The Hall–Kier alpha value is -2.39. The predicted octanol–water partition coefficient (Wildman–Crippen LogP) is 2.73. The quantitative estimate of drug-likeness (QED) is 0.816. The molecule has 1 unspecified atom stereocenters. The molecule has 1 heterocycles. The van der Waals surface area contributed by atoms with Crippen molar-refractivity contribution in [3.8, 4) is 0 Å². The third kappa shape index (κ3) is 3.64. The number of carbonyl (C=O) groups excluding carboxylic acids is 1. The van der Waals surface area contributed by atoms with Crippen molar-refractivity contribution in [1.29, 1.82) is 0 Å². The van der Waals surface area contributed by atoms with Gasteiger partial charge < -0.3 is 0 Å². The molecule has 0 bridgehead atoms. The molecule has 0 aliphatic carbocycles. The topological polar surface area (TPSA) is 101 Å². The Morgan fingerprint density at radius 1 is 1.04 bits per heavy atom. The van der Waals surface area contributed by atoms with Gasteiger partial charge in [-0.25, -0.2) is 21.1 Å². The largest absolute Gasteiger partial charge is 0.279 e. The minimum atomic E-state index is -3.88. The number of amides is 1. The van der Waals surface area contributed by atoms with Crippen LogP contribution in [0.2, 0.25) is 0 Å². The number of anilines is 2. The van der Waals surface area contributed by atoms with Crippen LogP contribution >= 0.6 is 0 Å². The molecule has 2 aromatic rings. The average molecular weight is 423 g/mol. The van der Waals surface area contributed by atoms with E-state index in [1.807, 2.05) is 19.1 Å². The molecule has 0 saturated carbocycles. The molecule has 1 aliphatic rings. The highest BCUT2D eigenvalue weighted by Crippen LogP contribution is 2.31. The molecular formula is C19H22N2O5S2. The number of sulfonamides is 2. The van der Waals surface area contributed by atoms with Crippen LogP contribution in [0.3, 0.4) is 0 Å². The minimum absolute atomic E-state index is 0.0225. The van der Waals surface area contributed by atoms with Crippen molar-refractivity contribution in [3.63, 3.8) is 0 Å². The Labute approximate surface area is 165 Å². The fourth-order valence-electron chi connectivity index (χ4n) is 3.19. The average Bonchev–Trinajstić information content (AvgIpc) is 2.77. The normalized spacial score (nSPS) is 19.1. The molecule has 3 rings (SSSR count). The second kappa shape index (κ2) is 6.89. The Balaban J connectivity index is 1.98. The number of hydrogen-bond acceptors (Lipinski definition) is 5. The highest BCUT2D eigenvalue weighted by atomic mass is 32.2. The number of benzene rings is 2. The van der Waals surface area contributed by atoms with Gasteiger partial charge in [0.2, 0.25) is 15.9 Å². The number of carbonyl (C=O) groups is 1. The van der Waals surface area contributed by atoms with E-state index in [0.29, 0.717) is 11.3 Å². The molecule has 1 atom stereocenters. The molecule has 2 aromatic carbocycles. The number of rotatable bonds is 4. The van der Waals surface area contributed by atoms with Gasteiger partial charge in [0.05, 0.1) is 27.9 Å². The van der Waals surface area contributed by atoms with Gasteiger partial charge in [0.15, 0.2) is 0 Å². The molecule has 1 saturated heterocycles. The molecule has 1 aliphatic heterocycles. The Morgan fingerprint density at radius 3 is 2.29 bits per heavy atom. The molecule has 28 heavy (non-hydrogen) atoms. The van der Waals surface area contributed by atoms with Gasteiger partial charge in [-0.1, -0.05) is 19.1 Å². The lowest BCUT2D eigenvalue weighted by molar-refractivity contribution is -0.119. The monoisotopic (exact) mass is 422 g/mol. The highest BCUT2D eigenvalue weighted by Gasteiger charge is 2.42. The fraction of sp³-hybridized carbons (Fsp3) is 0.316. The summed E-state index contributed by atoms with van der Waals surface area (Å²) in [5.74, 6) is -1.39. The van der Waals surface area contributed by atoms with E-state index in [2.05, 4.69) is 4.72 Å². The first kappa shape index (κ1) is 20.3. The summed E-state index contributed by atoms with van der Waals surface area (Å²) in [4.78, 5) is 12.3. The van der Waals surface area contributed by atoms with E-state index < -0.39 is 31.9 Å². The molecule has 1 amide bonds. The van der Waals surface area contributed by atoms with Crippen LogP contribution in [-0.4, -0.2) is 28.5 Å². The Morgan fingerprint density at radius 2 is 1.71 bits per heavy atom. The Kier molecular flexibility index (Phi) is 5.01. The maximum Gasteiger partial charge on any atom is 0.262 e. The summed E-state index contributed by atoms with van der Waals surface area (Å²) in [6, 6.07) is 9.54. The van der Waals surface area contributed by atoms with E-state index in [4.69, 9.17) is 0 Å². The number of nitrogens with zero attached hydrogens (tertiary/aromatic N) is 1. The molecular weight excluding hydrogens is 400 g/mol. The first-order valence-corrected chi connectivity index (χ1v) is 11.8. The van der Waals surface area contributed by atoms with Gasteiger partial charge in [-0.15, -0.1) is 0 Å². The molecule has 1 fully saturated rings. The summed E-state index contributed by atoms with van der Waals surface area (Å²) in [6.45, 7) is 6.79. The van der Waals surface area contributed by atoms with Crippen LogP contribution < -0.4 is 9.03 Å². The zero-order valence-electron chi connectivity index (χ0n) is 16.1. The molecule has 1 N–H and O–H groups in total. The van der Waals surface area contributed by atoms with Crippen LogP contribution in [0.5, 0.6) is 0 Å². The van der Waals surface area contributed by atoms with Crippen molar-refractivity contribution in [2.24, 2.45) is 5.92 Å². The van der Waals surface area contributed by atoms with Crippen molar-refractivity contribution in [3.05, 3.63) is 53.1 Å². The van der Waals surface area contributed by atoms with Crippen LogP contribution in [0.25, 0.3) is 0 Å². The van der Waals surface area contributed by atoms with E-state index in [-0.39, 0.29) is 16.3 Å². The first-order valence-electron chi connectivity index (χ1n) is 8.70. The van der Waals surface area contributed by atoms with Gasteiger partial charge in [0, 0.05) is 0 Å². The third-order valence-corrected chi connectivity index (χ3v) is 8.07. The van der Waals surface area contributed by atoms with Crippen LogP contribution in [0.4, 0.5) is 11.4 Å². The van der Waals surface area contributed by atoms with E-state index in [1.165, 1.54) is 18.2 Å². The van der Waals surface area contributed by atoms with Crippen LogP contribution in [0, 0.1) is 26.7 Å². The van der Waals surface area contributed by atoms with Crippen molar-refractivity contribution >= 4 is 37.3 Å². The van der Waals surface area contributed by atoms with E-state index in [0.717, 1.165) is 15.4 Å². The van der Waals surface area contributed by atoms with Gasteiger partial charge in [-0.3, -0.25) is 9.52 Å². The van der Waals surface area contributed by atoms with Crippen molar-refractivity contribution in [1.82, 2.24) is 0 Å². The second-order valence-electron chi connectivity index (χ2n) is 7.16. The summed E-state index contributed by atoms with van der Waals surface area (Å²) in [7, 11) is -7.62. The lowest BCUT2D eigenvalue weighted by atomic mass is 10.1. The molecule has 150 valence electrons. The van der Waals surface area contributed by atoms with E-state index in [9.17, 15) is 21.6 Å². The molecule has 7 nitrogen and oxygen atoms in total. The zero-order chi connectivity index (χ0) is 20.9. The summed E-state index contributed by atoms with van der Waals surface area (Å²) in [5, 5.41) is 0. The summed E-state index contributed by atoms with van der Waals surface area (Å²) < 4.78 is 53.6. The minimum Gasteiger partial charge on any atom is -0.279 e. The van der Waals surface area contributed by atoms with Gasteiger partial charge in [-0.2, -0.15) is 0 Å². The molecule has 0 spiro atoms. The SMILES string of the molecule is Cc1ccc(C)c(NS(=O)(=O)c2ccc(N3C(=O)C(C)CS3(=O)=O)cc2C)c1. The smallest absolute Gasteiger partial charge is 0.262 e. The molecule has 0 aromatic heterocycles. The van der Waals surface area contributed by atoms with Gasteiger partial charge in [0.1, 0.15) is 0 Å². The van der Waals surface area contributed by atoms with Crippen LogP contribution in [0.1, 0.15) is 23.6 Å². The Bertz CT molecular complexity index is 1170. The van der Waals surface area contributed by atoms with Gasteiger partial charge in [-0.05, 0) is 61.7 Å². The van der Waals surface area contributed by atoms with E-state index >= 15 is 0 Å². The maximum atomic E-state index is 12.9. The fourth-order valence-corrected chi connectivity index (χ4v) is 6.36. The zero-order valence-corrected chi connectivity index (χ0v) is 17.7. The number of hydrogen-bond donors (Lipinski definition) is 1. The summed E-state index contributed by atoms with van der Waals surface area (Å²) in [6.07, 6.45) is 0. The van der Waals surface area contributed by atoms with E-state index in [1.54, 1.807) is 26.8 Å². The van der Waals surface area contributed by atoms with Crippen LogP contribution in [0.15, 0.2) is 41.3 Å². The second-order valence-corrected chi connectivity index (χ2v) is 10.7. The third-order valence-electron chi connectivity index (χ3n) is 4.68. The first-order chi connectivity index (χ1) is 12.9. The number of nitrogens with one attached hydrogen (secondary N) is 1.